The van der Waals surface area contributed by atoms with E-state index in [1.54, 1.807) is 19.1 Å². The SMILES string of the molecule is Cc1ccc(-c2nnc(S[C@@H](C)C(=O)Nc3cc(Cl)ccc3C)o2)cc1C. The smallest absolute Gasteiger partial charge is 0.277 e. The highest BCUT2D eigenvalue weighted by molar-refractivity contribution is 8.00. The third-order valence-electron chi connectivity index (χ3n) is 4.26. The summed E-state index contributed by atoms with van der Waals surface area (Å²) in [5.74, 6) is 0.287. The average Bonchev–Trinajstić information content (AvgIpc) is 3.09. The van der Waals surface area contributed by atoms with E-state index < -0.39 is 5.25 Å². The summed E-state index contributed by atoms with van der Waals surface area (Å²) in [6.45, 7) is 7.79. The van der Waals surface area contributed by atoms with Crippen LogP contribution in [0.15, 0.2) is 46.0 Å². The van der Waals surface area contributed by atoms with Crippen molar-refractivity contribution in [2.75, 3.05) is 5.32 Å². The minimum atomic E-state index is -0.406. The summed E-state index contributed by atoms with van der Waals surface area (Å²) in [5, 5.41) is 11.6. The molecule has 0 saturated carbocycles. The van der Waals surface area contributed by atoms with Crippen molar-refractivity contribution < 1.29 is 9.21 Å². The van der Waals surface area contributed by atoms with Gasteiger partial charge in [0.2, 0.25) is 11.8 Å². The van der Waals surface area contributed by atoms with Crippen molar-refractivity contribution in [1.82, 2.24) is 10.2 Å². The van der Waals surface area contributed by atoms with Gasteiger partial charge in [-0.25, -0.2) is 0 Å². The Bertz CT molecular complexity index is 987. The van der Waals surface area contributed by atoms with Crippen LogP contribution in [0.5, 0.6) is 0 Å². The lowest BCUT2D eigenvalue weighted by Crippen LogP contribution is -2.22. The molecule has 1 aromatic heterocycles. The van der Waals surface area contributed by atoms with Crippen molar-refractivity contribution in [3.63, 3.8) is 0 Å². The molecule has 0 bridgehead atoms. The molecule has 0 aliphatic carbocycles. The van der Waals surface area contributed by atoms with Crippen LogP contribution in [-0.2, 0) is 4.79 Å². The van der Waals surface area contributed by atoms with Gasteiger partial charge in [0.1, 0.15) is 0 Å². The summed E-state index contributed by atoms with van der Waals surface area (Å²) in [5.41, 5.74) is 4.86. The third-order valence-corrected chi connectivity index (χ3v) is 5.43. The number of rotatable bonds is 5. The molecule has 1 N–H and O–H groups in total. The Labute approximate surface area is 167 Å². The van der Waals surface area contributed by atoms with Gasteiger partial charge in [0.05, 0.1) is 5.25 Å². The first-order valence-electron chi connectivity index (χ1n) is 8.48. The van der Waals surface area contributed by atoms with Crippen molar-refractivity contribution in [2.45, 2.75) is 38.2 Å². The van der Waals surface area contributed by atoms with E-state index in [1.807, 2.05) is 38.1 Å². The van der Waals surface area contributed by atoms with E-state index in [0.29, 0.717) is 21.8 Å². The van der Waals surface area contributed by atoms with Crippen molar-refractivity contribution in [3.8, 4) is 11.5 Å². The molecule has 1 amide bonds. The van der Waals surface area contributed by atoms with Crippen LogP contribution in [-0.4, -0.2) is 21.4 Å². The quantitative estimate of drug-likeness (QED) is 0.577. The summed E-state index contributed by atoms with van der Waals surface area (Å²) in [7, 11) is 0. The maximum Gasteiger partial charge on any atom is 0.277 e. The highest BCUT2D eigenvalue weighted by atomic mass is 35.5. The molecule has 140 valence electrons. The van der Waals surface area contributed by atoms with E-state index in [1.165, 1.54) is 17.3 Å². The first kappa shape index (κ1) is 19.5. The van der Waals surface area contributed by atoms with Crippen LogP contribution in [0.25, 0.3) is 11.5 Å². The Kier molecular flexibility index (Phi) is 5.87. The second kappa shape index (κ2) is 8.15. The lowest BCUT2D eigenvalue weighted by atomic mass is 10.1. The fourth-order valence-corrected chi connectivity index (χ4v) is 3.27. The Morgan fingerprint density at radius 3 is 2.56 bits per heavy atom. The molecule has 0 fully saturated rings. The van der Waals surface area contributed by atoms with Crippen LogP contribution in [0.1, 0.15) is 23.6 Å². The fraction of sp³-hybridized carbons (Fsp3) is 0.250. The predicted octanol–water partition coefficient (Wildman–Crippen LogP) is 5.43. The number of amides is 1. The first-order valence-corrected chi connectivity index (χ1v) is 9.74. The monoisotopic (exact) mass is 401 g/mol. The Morgan fingerprint density at radius 1 is 1.07 bits per heavy atom. The lowest BCUT2D eigenvalue weighted by molar-refractivity contribution is -0.115. The predicted molar refractivity (Wildman–Crippen MR) is 109 cm³/mol. The van der Waals surface area contributed by atoms with E-state index >= 15 is 0 Å². The molecule has 27 heavy (non-hydrogen) atoms. The zero-order valence-corrected chi connectivity index (χ0v) is 17.1. The van der Waals surface area contributed by atoms with Gasteiger partial charge in [-0.15, -0.1) is 10.2 Å². The number of thioether (sulfide) groups is 1. The number of hydrogen-bond donors (Lipinski definition) is 1. The highest BCUT2D eigenvalue weighted by Gasteiger charge is 2.19. The molecule has 1 heterocycles. The molecule has 7 heteroatoms. The van der Waals surface area contributed by atoms with Crippen LogP contribution < -0.4 is 5.32 Å². The van der Waals surface area contributed by atoms with Crippen LogP contribution in [0.4, 0.5) is 5.69 Å². The molecule has 0 aliphatic rings. The second-order valence-corrected chi connectivity index (χ2v) is 8.11. The van der Waals surface area contributed by atoms with Crippen molar-refractivity contribution in [1.29, 1.82) is 0 Å². The van der Waals surface area contributed by atoms with Gasteiger partial charge in [0.25, 0.3) is 5.22 Å². The number of aryl methyl sites for hydroxylation is 3. The number of benzene rings is 2. The van der Waals surface area contributed by atoms with Crippen LogP contribution in [0.2, 0.25) is 5.02 Å². The number of carbonyl (C=O) groups is 1. The minimum absolute atomic E-state index is 0.156. The van der Waals surface area contributed by atoms with Crippen LogP contribution in [0, 0.1) is 20.8 Å². The van der Waals surface area contributed by atoms with Gasteiger partial charge in [-0.05, 0) is 68.7 Å². The summed E-state index contributed by atoms with van der Waals surface area (Å²) in [6.07, 6.45) is 0. The molecule has 1 atom stereocenters. The normalized spacial score (nSPS) is 12.0. The van der Waals surface area contributed by atoms with Gasteiger partial charge in [0, 0.05) is 16.3 Å². The van der Waals surface area contributed by atoms with Crippen LogP contribution in [0.3, 0.4) is 0 Å². The third kappa shape index (κ3) is 4.70. The number of carbonyl (C=O) groups excluding carboxylic acids is 1. The van der Waals surface area contributed by atoms with Gasteiger partial charge in [-0.2, -0.15) is 0 Å². The first-order chi connectivity index (χ1) is 12.8. The summed E-state index contributed by atoms with van der Waals surface area (Å²) in [4.78, 5) is 12.5. The maximum absolute atomic E-state index is 12.5. The lowest BCUT2D eigenvalue weighted by Gasteiger charge is -2.12. The van der Waals surface area contributed by atoms with Gasteiger partial charge in [0.15, 0.2) is 0 Å². The van der Waals surface area contributed by atoms with E-state index in [2.05, 4.69) is 22.4 Å². The molecule has 0 spiro atoms. The number of hydrogen-bond acceptors (Lipinski definition) is 5. The Hall–Kier alpha value is -2.31. The van der Waals surface area contributed by atoms with Gasteiger partial charge < -0.3 is 9.73 Å². The van der Waals surface area contributed by atoms with E-state index in [4.69, 9.17) is 16.0 Å². The molecule has 0 saturated heterocycles. The molecule has 0 radical (unpaired) electrons. The minimum Gasteiger partial charge on any atom is -0.411 e. The largest absolute Gasteiger partial charge is 0.411 e. The maximum atomic E-state index is 12.5. The number of aromatic nitrogens is 2. The molecular weight excluding hydrogens is 382 g/mol. The Morgan fingerprint density at radius 2 is 1.81 bits per heavy atom. The van der Waals surface area contributed by atoms with E-state index in [0.717, 1.165) is 16.7 Å². The molecule has 3 rings (SSSR count). The second-order valence-electron chi connectivity index (χ2n) is 6.38. The standard InChI is InChI=1S/C20H20ClN3O2S/c1-11-5-7-15(9-13(11)3)19-23-24-20(26-19)27-14(4)18(25)22-17-10-16(21)8-6-12(17)2/h5-10,14H,1-4H3,(H,22,25)/t14-/m0/s1. The fourth-order valence-electron chi connectivity index (χ4n) is 2.42. The zero-order chi connectivity index (χ0) is 19.6. The van der Waals surface area contributed by atoms with Crippen molar-refractivity contribution >= 4 is 35.0 Å². The summed E-state index contributed by atoms with van der Waals surface area (Å²) >= 11 is 7.22. The summed E-state index contributed by atoms with van der Waals surface area (Å²) < 4.78 is 5.72. The van der Waals surface area contributed by atoms with Crippen LogP contribution >= 0.6 is 23.4 Å². The van der Waals surface area contributed by atoms with Crippen molar-refractivity contribution in [3.05, 3.63) is 58.1 Å². The number of halogens is 1. The molecular formula is C20H20ClN3O2S. The highest BCUT2D eigenvalue weighted by Crippen LogP contribution is 2.28. The van der Waals surface area contributed by atoms with E-state index in [9.17, 15) is 4.79 Å². The van der Waals surface area contributed by atoms with E-state index in [-0.39, 0.29) is 5.91 Å². The summed E-state index contributed by atoms with van der Waals surface area (Å²) in [6, 6.07) is 11.4. The number of nitrogens with one attached hydrogen (secondary N) is 1. The zero-order valence-electron chi connectivity index (χ0n) is 15.5. The van der Waals surface area contributed by atoms with Gasteiger partial charge in [-0.3, -0.25) is 4.79 Å². The van der Waals surface area contributed by atoms with Crippen molar-refractivity contribution in [2.24, 2.45) is 0 Å². The molecule has 0 unspecified atom stereocenters. The van der Waals surface area contributed by atoms with Gasteiger partial charge >= 0.3 is 0 Å². The molecule has 0 aliphatic heterocycles. The Balaban J connectivity index is 1.68. The molecule has 5 nitrogen and oxygen atoms in total. The van der Waals surface area contributed by atoms with Gasteiger partial charge in [-0.1, -0.05) is 35.5 Å². The topological polar surface area (TPSA) is 68.0 Å². The molecule has 3 aromatic rings. The number of nitrogens with zero attached hydrogens (tertiary/aromatic N) is 2. The average molecular weight is 402 g/mol. The molecule has 2 aromatic carbocycles. The number of anilines is 1.